The Morgan fingerprint density at radius 3 is 2.39 bits per heavy atom. The molecular weight excluding hydrogens is 506 g/mol. The molecular formula is C24H28ClN5O5S. The van der Waals surface area contributed by atoms with Gasteiger partial charge < -0.3 is 15.2 Å². The van der Waals surface area contributed by atoms with Crippen LogP contribution in [-0.4, -0.2) is 48.9 Å². The molecule has 3 rings (SSSR count). The molecule has 0 saturated heterocycles. The minimum absolute atomic E-state index is 0.0463. The van der Waals surface area contributed by atoms with E-state index in [1.54, 1.807) is 51.1 Å². The van der Waals surface area contributed by atoms with Crippen molar-refractivity contribution in [1.29, 1.82) is 5.41 Å². The van der Waals surface area contributed by atoms with E-state index < -0.39 is 34.1 Å². The third-order valence-corrected chi connectivity index (χ3v) is 7.17. The van der Waals surface area contributed by atoms with E-state index in [2.05, 4.69) is 4.98 Å². The Morgan fingerprint density at radius 2 is 1.81 bits per heavy atom. The van der Waals surface area contributed by atoms with Gasteiger partial charge in [0, 0.05) is 35.3 Å². The Labute approximate surface area is 215 Å². The second kappa shape index (κ2) is 10.7. The molecule has 1 aromatic heterocycles. The number of nitrogens with one attached hydrogen (secondary N) is 1. The van der Waals surface area contributed by atoms with Gasteiger partial charge in [-0.05, 0) is 50.6 Å². The zero-order valence-corrected chi connectivity index (χ0v) is 21.9. The quantitative estimate of drug-likeness (QED) is 0.194. The number of nitrogens with zero attached hydrogens (tertiary/aromatic N) is 3. The molecule has 0 amide bonds. The van der Waals surface area contributed by atoms with Crippen LogP contribution in [0.2, 0.25) is 0 Å². The van der Waals surface area contributed by atoms with Crippen LogP contribution in [0.25, 0.3) is 10.8 Å². The summed E-state index contributed by atoms with van der Waals surface area (Å²) in [6.07, 6.45) is 2.90. The van der Waals surface area contributed by atoms with Crippen molar-refractivity contribution < 1.29 is 22.7 Å². The number of methoxy groups -OCH3 is 1. The van der Waals surface area contributed by atoms with Crippen LogP contribution in [0.4, 0.5) is 5.69 Å². The Bertz CT molecular complexity index is 1370. The smallest absolute Gasteiger partial charge is 0.321 e. The molecule has 192 valence electrons. The Morgan fingerprint density at radius 1 is 1.14 bits per heavy atom. The number of sulfonamides is 1. The van der Waals surface area contributed by atoms with E-state index in [0.29, 0.717) is 27.8 Å². The van der Waals surface area contributed by atoms with Crippen LogP contribution in [0.1, 0.15) is 26.3 Å². The van der Waals surface area contributed by atoms with Gasteiger partial charge in [-0.2, -0.15) is 4.31 Å². The number of pyridine rings is 1. The summed E-state index contributed by atoms with van der Waals surface area (Å²) in [5, 5.41) is 8.56. The van der Waals surface area contributed by atoms with E-state index >= 15 is 0 Å². The molecule has 36 heavy (non-hydrogen) atoms. The van der Waals surface area contributed by atoms with Gasteiger partial charge in [-0.1, -0.05) is 18.2 Å². The van der Waals surface area contributed by atoms with Crippen molar-refractivity contribution in [3.8, 4) is 5.75 Å². The maximum absolute atomic E-state index is 13.7. The Hall–Kier alpha value is -3.41. The molecule has 1 heterocycles. The first-order valence-corrected chi connectivity index (χ1v) is 12.6. The fourth-order valence-electron chi connectivity index (χ4n) is 3.41. The van der Waals surface area contributed by atoms with Gasteiger partial charge in [-0.15, -0.1) is 0 Å². The molecule has 3 N–H and O–H groups in total. The number of rotatable bonds is 8. The predicted octanol–water partition coefficient (Wildman–Crippen LogP) is 3.63. The number of carbonyl (C=O) groups excluding carboxylic acids is 1. The van der Waals surface area contributed by atoms with E-state index in [1.165, 1.54) is 31.6 Å². The van der Waals surface area contributed by atoms with Gasteiger partial charge in [0.1, 0.15) is 17.9 Å². The van der Waals surface area contributed by atoms with Crippen LogP contribution in [0, 0.1) is 5.41 Å². The summed E-state index contributed by atoms with van der Waals surface area (Å²) in [5.41, 5.74) is 5.69. The van der Waals surface area contributed by atoms with Crippen molar-refractivity contribution >= 4 is 50.2 Å². The van der Waals surface area contributed by atoms with Crippen LogP contribution >= 0.6 is 11.8 Å². The van der Waals surface area contributed by atoms with Crippen LogP contribution in [0.15, 0.2) is 59.8 Å². The lowest BCUT2D eigenvalue weighted by Gasteiger charge is -2.25. The highest BCUT2D eigenvalue weighted by Gasteiger charge is 2.29. The molecule has 12 heteroatoms. The molecule has 0 saturated carbocycles. The highest BCUT2D eigenvalue weighted by Crippen LogP contribution is 2.30. The molecule has 0 atom stereocenters. The Kier molecular flexibility index (Phi) is 8.07. The molecule has 0 bridgehead atoms. The average molecular weight is 534 g/mol. The third-order valence-electron chi connectivity index (χ3n) is 5.01. The van der Waals surface area contributed by atoms with E-state index in [9.17, 15) is 13.2 Å². The van der Waals surface area contributed by atoms with Gasteiger partial charge in [0.05, 0.1) is 23.9 Å². The maximum Gasteiger partial charge on any atom is 0.321 e. The van der Waals surface area contributed by atoms with Crippen molar-refractivity contribution in [2.24, 2.45) is 5.73 Å². The molecule has 0 aliphatic rings. The zero-order valence-electron chi connectivity index (χ0n) is 20.4. The van der Waals surface area contributed by atoms with Crippen molar-refractivity contribution in [1.82, 2.24) is 9.29 Å². The average Bonchev–Trinajstić information content (AvgIpc) is 2.81. The number of guanidine groups is 1. The fraction of sp³-hybridized carbons (Fsp3) is 0.292. The first-order chi connectivity index (χ1) is 16.8. The summed E-state index contributed by atoms with van der Waals surface area (Å²) < 4.78 is 40.0. The molecule has 0 spiro atoms. The number of hydrogen-bond acceptors (Lipinski definition) is 7. The number of hydrogen-bond donors (Lipinski definition) is 2. The van der Waals surface area contributed by atoms with Crippen LogP contribution in [0.3, 0.4) is 0 Å². The summed E-state index contributed by atoms with van der Waals surface area (Å²) >= 11 is 6.08. The lowest BCUT2D eigenvalue weighted by Crippen LogP contribution is -2.38. The first kappa shape index (κ1) is 27.2. The molecule has 0 unspecified atom stereocenters. The number of benzene rings is 2. The fourth-order valence-corrected chi connectivity index (χ4v) is 4.96. The van der Waals surface area contributed by atoms with Crippen molar-refractivity contribution in [2.45, 2.75) is 37.8 Å². The highest BCUT2D eigenvalue weighted by atomic mass is 35.5. The van der Waals surface area contributed by atoms with Crippen molar-refractivity contribution in [3.63, 3.8) is 0 Å². The molecule has 3 aromatic rings. The number of aromatic nitrogens is 1. The van der Waals surface area contributed by atoms with E-state index in [4.69, 9.17) is 32.4 Å². The summed E-state index contributed by atoms with van der Waals surface area (Å²) in [7, 11) is -2.61. The normalized spacial score (nSPS) is 11.9. The minimum Gasteiger partial charge on any atom is -0.497 e. The highest BCUT2D eigenvalue weighted by molar-refractivity contribution is 7.89. The predicted molar refractivity (Wildman–Crippen MR) is 138 cm³/mol. The lowest BCUT2D eigenvalue weighted by molar-refractivity contribution is -0.155. The zero-order chi connectivity index (χ0) is 26.7. The number of ether oxygens (including phenoxy) is 2. The van der Waals surface area contributed by atoms with Crippen molar-refractivity contribution in [3.05, 3.63) is 60.4 Å². The standard InChI is InChI=1S/C24H28ClN5O5S/c1-24(2,3)35-22(31)15-29(14-16-5-7-18(34-4)8-6-16)36(32,33)19-9-10-20-17(11-19)12-28-13-21(20)30(25)23(26)27/h5-13H,14-15H2,1-4H3,(H3,26,27). The van der Waals surface area contributed by atoms with Gasteiger partial charge in [-0.25, -0.2) is 12.8 Å². The van der Waals surface area contributed by atoms with Crippen LogP contribution < -0.4 is 14.9 Å². The second-order valence-corrected chi connectivity index (χ2v) is 11.2. The van der Waals surface area contributed by atoms with E-state index in [0.717, 1.165) is 8.72 Å². The van der Waals surface area contributed by atoms with Gasteiger partial charge in [-0.3, -0.25) is 15.2 Å². The van der Waals surface area contributed by atoms with E-state index in [-0.39, 0.29) is 11.4 Å². The largest absolute Gasteiger partial charge is 0.497 e. The summed E-state index contributed by atoms with van der Waals surface area (Å²) in [6, 6.07) is 11.3. The van der Waals surface area contributed by atoms with E-state index in [1.807, 2.05) is 0 Å². The number of fused-ring (bicyclic) bond motifs is 1. The monoisotopic (exact) mass is 533 g/mol. The van der Waals surface area contributed by atoms with Crippen LogP contribution in [-0.2, 0) is 26.1 Å². The first-order valence-electron chi connectivity index (χ1n) is 10.8. The number of esters is 1. The third kappa shape index (κ3) is 6.42. The number of nitrogens with two attached hydrogens (primary N) is 1. The molecule has 0 fully saturated rings. The van der Waals surface area contributed by atoms with Gasteiger partial charge in [0.15, 0.2) is 0 Å². The number of carbonyl (C=O) groups is 1. The van der Waals surface area contributed by atoms with Gasteiger partial charge >= 0.3 is 5.97 Å². The van der Waals surface area contributed by atoms with Crippen molar-refractivity contribution in [2.75, 3.05) is 18.1 Å². The maximum atomic E-state index is 13.7. The van der Waals surface area contributed by atoms with Gasteiger partial charge in [0.25, 0.3) is 0 Å². The topological polar surface area (TPSA) is 139 Å². The number of anilines is 1. The summed E-state index contributed by atoms with van der Waals surface area (Å²) in [5.74, 6) is -0.466. The molecule has 0 aliphatic carbocycles. The molecule has 10 nitrogen and oxygen atoms in total. The van der Waals surface area contributed by atoms with Crippen LogP contribution in [0.5, 0.6) is 5.75 Å². The SMILES string of the molecule is COc1ccc(CN(CC(=O)OC(C)(C)C)S(=O)(=O)c2ccc3c(N(Cl)C(=N)N)cncc3c2)cc1. The summed E-state index contributed by atoms with van der Waals surface area (Å²) in [6.45, 7) is 4.58. The molecule has 2 aromatic carbocycles. The van der Waals surface area contributed by atoms with Gasteiger partial charge in [0.2, 0.25) is 16.0 Å². The lowest BCUT2D eigenvalue weighted by atomic mass is 10.1. The molecule has 0 radical (unpaired) electrons. The minimum atomic E-state index is -4.15. The summed E-state index contributed by atoms with van der Waals surface area (Å²) in [4.78, 5) is 16.7. The number of halogens is 1. The second-order valence-electron chi connectivity index (χ2n) is 8.92. The molecule has 0 aliphatic heterocycles. The Balaban J connectivity index is 2.02.